The van der Waals surface area contributed by atoms with E-state index in [2.05, 4.69) is 20.6 Å². The molecule has 2 heterocycles. The lowest BCUT2D eigenvalue weighted by Gasteiger charge is -2.30. The summed E-state index contributed by atoms with van der Waals surface area (Å²) in [6.45, 7) is 0.334. The van der Waals surface area contributed by atoms with Crippen LogP contribution in [-0.2, 0) is 14.4 Å². The van der Waals surface area contributed by atoms with E-state index >= 15 is 0 Å². The number of carbonyl (C=O) groups excluding carboxylic acids is 4. The van der Waals surface area contributed by atoms with Crippen molar-refractivity contribution in [2.24, 2.45) is 5.92 Å². The monoisotopic (exact) mass is 401 g/mol. The van der Waals surface area contributed by atoms with Crippen molar-refractivity contribution in [3.63, 3.8) is 0 Å². The highest BCUT2D eigenvalue weighted by molar-refractivity contribution is 5.96. The van der Waals surface area contributed by atoms with Crippen LogP contribution in [0.15, 0.2) is 18.6 Å². The number of aromatic nitrogens is 2. The van der Waals surface area contributed by atoms with Crippen molar-refractivity contribution in [3.05, 3.63) is 24.3 Å². The average Bonchev–Trinajstić information content (AvgIpc) is 3.25. The molecule has 2 aliphatic rings. The molecule has 1 aromatic heterocycles. The maximum atomic E-state index is 12.9. The van der Waals surface area contributed by atoms with Crippen LogP contribution in [0.25, 0.3) is 0 Å². The Bertz CT molecular complexity index is 736. The van der Waals surface area contributed by atoms with Gasteiger partial charge in [0.25, 0.3) is 5.91 Å². The van der Waals surface area contributed by atoms with Crippen molar-refractivity contribution in [1.82, 2.24) is 25.5 Å². The molecule has 9 heteroatoms. The maximum Gasteiger partial charge on any atom is 0.272 e. The molecule has 9 nitrogen and oxygen atoms in total. The Morgan fingerprint density at radius 3 is 2.62 bits per heavy atom. The van der Waals surface area contributed by atoms with Gasteiger partial charge in [0.2, 0.25) is 11.8 Å². The molecule has 2 fully saturated rings. The molecule has 2 atom stereocenters. The fourth-order valence-electron chi connectivity index (χ4n) is 4.11. The summed E-state index contributed by atoms with van der Waals surface area (Å²) in [5.41, 5.74) is 0.142. The summed E-state index contributed by atoms with van der Waals surface area (Å²) in [5, 5.41) is 5.44. The van der Waals surface area contributed by atoms with Gasteiger partial charge in [0, 0.05) is 18.9 Å². The first kappa shape index (κ1) is 20.9. The number of hydrogen-bond acceptors (Lipinski definition) is 6. The molecule has 0 aromatic carbocycles. The first-order valence-corrected chi connectivity index (χ1v) is 10.2. The van der Waals surface area contributed by atoms with Crippen molar-refractivity contribution in [1.29, 1.82) is 0 Å². The molecule has 1 aromatic rings. The minimum atomic E-state index is -0.738. The third-order valence-corrected chi connectivity index (χ3v) is 5.68. The van der Waals surface area contributed by atoms with Gasteiger partial charge in [0.05, 0.1) is 18.8 Å². The number of aldehydes is 1. The van der Waals surface area contributed by atoms with Gasteiger partial charge in [-0.3, -0.25) is 19.4 Å². The summed E-state index contributed by atoms with van der Waals surface area (Å²) in [4.78, 5) is 58.3. The second-order valence-corrected chi connectivity index (χ2v) is 7.59. The predicted molar refractivity (Wildman–Crippen MR) is 104 cm³/mol. The van der Waals surface area contributed by atoms with Crippen LogP contribution in [0.5, 0.6) is 0 Å². The van der Waals surface area contributed by atoms with Gasteiger partial charge >= 0.3 is 0 Å². The zero-order chi connectivity index (χ0) is 20.6. The minimum Gasteiger partial charge on any atom is -0.345 e. The van der Waals surface area contributed by atoms with E-state index in [1.807, 2.05) is 0 Å². The standard InChI is InChI=1S/C20H27N5O4/c26-13-15-7-4-10-25(15)17(27)12-23-20(29)18(14-5-2-1-3-6-14)24-19(28)16-11-21-8-9-22-16/h8-9,11,13-15,18H,1-7,10,12H2,(H,23,29)(H,24,28). The van der Waals surface area contributed by atoms with Crippen LogP contribution in [-0.4, -0.2) is 64.0 Å². The van der Waals surface area contributed by atoms with E-state index in [1.165, 1.54) is 23.5 Å². The Balaban J connectivity index is 1.63. The van der Waals surface area contributed by atoms with Gasteiger partial charge in [-0.05, 0) is 31.6 Å². The van der Waals surface area contributed by atoms with Crippen molar-refractivity contribution < 1.29 is 19.2 Å². The first-order chi connectivity index (χ1) is 14.1. The molecule has 1 saturated heterocycles. The van der Waals surface area contributed by atoms with Crippen molar-refractivity contribution >= 4 is 24.0 Å². The van der Waals surface area contributed by atoms with E-state index in [9.17, 15) is 19.2 Å². The van der Waals surface area contributed by atoms with Crippen molar-refractivity contribution in [2.75, 3.05) is 13.1 Å². The lowest BCUT2D eigenvalue weighted by Crippen LogP contribution is -2.53. The second kappa shape index (κ2) is 10.1. The number of hydrogen-bond donors (Lipinski definition) is 2. The molecule has 0 radical (unpaired) electrons. The predicted octanol–water partition coefficient (Wildman–Crippen LogP) is 0.461. The smallest absolute Gasteiger partial charge is 0.272 e. The molecule has 0 spiro atoms. The van der Waals surface area contributed by atoms with E-state index in [1.54, 1.807) is 0 Å². The second-order valence-electron chi connectivity index (χ2n) is 7.59. The van der Waals surface area contributed by atoms with E-state index in [4.69, 9.17) is 0 Å². The number of nitrogens with one attached hydrogen (secondary N) is 2. The Labute approximate surface area is 169 Å². The summed E-state index contributed by atoms with van der Waals surface area (Å²) >= 11 is 0. The van der Waals surface area contributed by atoms with Crippen molar-refractivity contribution in [2.45, 2.75) is 57.0 Å². The highest BCUT2D eigenvalue weighted by Gasteiger charge is 2.33. The quantitative estimate of drug-likeness (QED) is 0.640. The number of likely N-dealkylation sites (tertiary alicyclic amines) is 1. The molecule has 2 unspecified atom stereocenters. The topological polar surface area (TPSA) is 121 Å². The minimum absolute atomic E-state index is 0.00832. The molecule has 1 aliphatic carbocycles. The number of nitrogens with zero attached hydrogens (tertiary/aromatic N) is 3. The first-order valence-electron chi connectivity index (χ1n) is 10.2. The normalized spacial score (nSPS) is 20.7. The molecule has 3 amide bonds. The van der Waals surface area contributed by atoms with E-state index in [0.29, 0.717) is 13.0 Å². The Morgan fingerprint density at radius 1 is 1.14 bits per heavy atom. The van der Waals surface area contributed by atoms with Crippen LogP contribution >= 0.6 is 0 Å². The number of amides is 3. The summed E-state index contributed by atoms with van der Waals surface area (Å²) in [5.74, 6) is -1.12. The lowest BCUT2D eigenvalue weighted by atomic mass is 9.83. The zero-order valence-electron chi connectivity index (χ0n) is 16.4. The zero-order valence-corrected chi connectivity index (χ0v) is 16.4. The van der Waals surface area contributed by atoms with Gasteiger partial charge < -0.3 is 20.3 Å². The number of carbonyl (C=O) groups is 4. The molecule has 0 bridgehead atoms. The van der Waals surface area contributed by atoms with Crippen LogP contribution in [0.1, 0.15) is 55.4 Å². The third kappa shape index (κ3) is 5.36. The summed E-state index contributed by atoms with van der Waals surface area (Å²) in [7, 11) is 0. The molecule has 2 N–H and O–H groups in total. The van der Waals surface area contributed by atoms with Crippen LogP contribution in [0.3, 0.4) is 0 Å². The molecule has 29 heavy (non-hydrogen) atoms. The fraction of sp³-hybridized carbons (Fsp3) is 0.600. The van der Waals surface area contributed by atoms with Crippen molar-refractivity contribution in [3.8, 4) is 0 Å². The van der Waals surface area contributed by atoms with Gasteiger partial charge in [-0.1, -0.05) is 19.3 Å². The summed E-state index contributed by atoms with van der Waals surface area (Å²) in [6.07, 6.45) is 11.2. The largest absolute Gasteiger partial charge is 0.345 e. The highest BCUT2D eigenvalue weighted by atomic mass is 16.2. The van der Waals surface area contributed by atoms with E-state index in [-0.39, 0.29) is 30.0 Å². The van der Waals surface area contributed by atoms with Crippen LogP contribution in [0, 0.1) is 5.92 Å². The molecule has 1 aliphatic heterocycles. The lowest BCUT2D eigenvalue weighted by molar-refractivity contribution is -0.135. The molecular weight excluding hydrogens is 374 g/mol. The SMILES string of the molecule is O=CC1CCCN1C(=O)CNC(=O)C(NC(=O)c1cnccn1)C1CCCCC1. The van der Waals surface area contributed by atoms with Gasteiger partial charge in [0.15, 0.2) is 0 Å². The Kier molecular flexibility index (Phi) is 7.26. The third-order valence-electron chi connectivity index (χ3n) is 5.68. The van der Waals surface area contributed by atoms with Crippen LogP contribution < -0.4 is 10.6 Å². The van der Waals surface area contributed by atoms with Gasteiger partial charge in [-0.15, -0.1) is 0 Å². The number of rotatable bonds is 7. The molecule has 3 rings (SSSR count). The van der Waals surface area contributed by atoms with E-state index in [0.717, 1.165) is 44.8 Å². The van der Waals surface area contributed by atoms with E-state index < -0.39 is 18.0 Å². The average molecular weight is 401 g/mol. The van der Waals surface area contributed by atoms with Gasteiger partial charge in [-0.2, -0.15) is 0 Å². The summed E-state index contributed by atoms with van der Waals surface area (Å²) < 4.78 is 0. The highest BCUT2D eigenvalue weighted by Crippen LogP contribution is 2.27. The molecular formula is C20H27N5O4. The fourth-order valence-corrected chi connectivity index (χ4v) is 4.11. The Morgan fingerprint density at radius 2 is 1.93 bits per heavy atom. The maximum absolute atomic E-state index is 12.9. The Hall–Kier alpha value is -2.84. The summed E-state index contributed by atoms with van der Waals surface area (Å²) in [6, 6.07) is -1.15. The van der Waals surface area contributed by atoms with Gasteiger partial charge in [0.1, 0.15) is 18.0 Å². The molecule has 1 saturated carbocycles. The van der Waals surface area contributed by atoms with Crippen LogP contribution in [0.2, 0.25) is 0 Å². The van der Waals surface area contributed by atoms with Crippen LogP contribution in [0.4, 0.5) is 0 Å². The van der Waals surface area contributed by atoms with Gasteiger partial charge in [-0.25, -0.2) is 4.98 Å². The molecule has 156 valence electrons.